The lowest BCUT2D eigenvalue weighted by molar-refractivity contribution is -0.188. The highest BCUT2D eigenvalue weighted by molar-refractivity contribution is 5.87. The molecule has 0 radical (unpaired) electrons. The Labute approximate surface area is 81.5 Å². The van der Waals surface area contributed by atoms with Crippen LogP contribution in [0, 0.1) is 0 Å². The first-order valence-corrected chi connectivity index (χ1v) is 3.98. The Balaban J connectivity index is 2.85. The van der Waals surface area contributed by atoms with E-state index in [0.717, 1.165) is 0 Å². The van der Waals surface area contributed by atoms with E-state index in [9.17, 15) is 27.2 Å². The molecule has 0 aliphatic carbocycles. The molecule has 1 saturated heterocycles. The summed E-state index contributed by atoms with van der Waals surface area (Å²) in [7, 11) is 0. The maximum atomic E-state index is 12.7. The Morgan fingerprint density at radius 2 is 1.87 bits per heavy atom. The second-order valence-electron chi connectivity index (χ2n) is 3.14. The van der Waals surface area contributed by atoms with E-state index in [4.69, 9.17) is 5.11 Å². The zero-order valence-electron chi connectivity index (χ0n) is 7.29. The molecule has 0 aromatic carbocycles. The van der Waals surface area contributed by atoms with Crippen molar-refractivity contribution in [3.8, 4) is 0 Å². The highest BCUT2D eigenvalue weighted by Crippen LogP contribution is 2.27. The Morgan fingerprint density at radius 1 is 1.33 bits per heavy atom. The molecule has 1 heterocycles. The van der Waals surface area contributed by atoms with E-state index < -0.39 is 43.2 Å². The smallest absolute Gasteiger partial charge is 0.471 e. The third-order valence-corrected chi connectivity index (χ3v) is 2.04. The summed E-state index contributed by atoms with van der Waals surface area (Å²) in [6, 6.07) is -1.73. The summed E-state index contributed by atoms with van der Waals surface area (Å²) in [6.45, 7) is -0.824. The van der Waals surface area contributed by atoms with Crippen LogP contribution in [0.1, 0.15) is 6.42 Å². The standard InChI is InChI=1S/C7H7F4NO3/c8-3-1-4(5(13)14)12(2-3)6(15)7(9,10)11/h3-4H,1-2H2,(H,13,14)/t3-,4-/m0/s1. The van der Waals surface area contributed by atoms with Gasteiger partial charge in [-0.3, -0.25) is 4.79 Å². The van der Waals surface area contributed by atoms with Gasteiger partial charge in [-0.25, -0.2) is 9.18 Å². The average molecular weight is 229 g/mol. The minimum Gasteiger partial charge on any atom is -0.480 e. The van der Waals surface area contributed by atoms with Gasteiger partial charge < -0.3 is 10.0 Å². The van der Waals surface area contributed by atoms with E-state index in [1.54, 1.807) is 0 Å². The second-order valence-corrected chi connectivity index (χ2v) is 3.14. The number of amides is 1. The fraction of sp³-hybridized carbons (Fsp3) is 0.714. The fourth-order valence-corrected chi connectivity index (χ4v) is 1.41. The number of hydrogen-bond donors (Lipinski definition) is 1. The van der Waals surface area contributed by atoms with E-state index in [0.29, 0.717) is 0 Å². The molecule has 1 aliphatic rings. The van der Waals surface area contributed by atoms with Gasteiger partial charge in [-0.2, -0.15) is 13.2 Å². The van der Waals surface area contributed by atoms with Gasteiger partial charge in [0.05, 0.1) is 6.54 Å². The quantitative estimate of drug-likeness (QED) is 0.669. The number of rotatable bonds is 1. The third-order valence-electron chi connectivity index (χ3n) is 2.04. The van der Waals surface area contributed by atoms with Gasteiger partial charge in [-0.1, -0.05) is 0 Å². The first-order chi connectivity index (χ1) is 6.73. The molecule has 0 unspecified atom stereocenters. The number of halogens is 4. The molecule has 0 bridgehead atoms. The van der Waals surface area contributed by atoms with E-state index >= 15 is 0 Å². The number of carbonyl (C=O) groups is 2. The number of carboxylic acid groups (broad SMARTS) is 1. The van der Waals surface area contributed by atoms with Gasteiger partial charge in [0.25, 0.3) is 0 Å². The van der Waals surface area contributed by atoms with Crippen molar-refractivity contribution < 1.29 is 32.3 Å². The highest BCUT2D eigenvalue weighted by Gasteiger charge is 2.50. The number of likely N-dealkylation sites (tertiary alicyclic amines) is 1. The van der Waals surface area contributed by atoms with E-state index in [2.05, 4.69) is 0 Å². The molecule has 0 spiro atoms. The van der Waals surface area contributed by atoms with Crippen LogP contribution in [-0.4, -0.2) is 46.8 Å². The lowest BCUT2D eigenvalue weighted by Crippen LogP contribution is -2.46. The Hall–Kier alpha value is -1.34. The van der Waals surface area contributed by atoms with Crippen molar-refractivity contribution in [1.29, 1.82) is 0 Å². The van der Waals surface area contributed by atoms with Crippen molar-refractivity contribution >= 4 is 11.9 Å². The monoisotopic (exact) mass is 229 g/mol. The number of nitrogens with zero attached hydrogens (tertiary/aromatic N) is 1. The number of aliphatic carboxylic acids is 1. The molecule has 2 atom stereocenters. The van der Waals surface area contributed by atoms with Crippen LogP contribution < -0.4 is 0 Å². The summed E-state index contributed by atoms with van der Waals surface area (Å²) >= 11 is 0. The van der Waals surface area contributed by atoms with Crippen LogP contribution >= 0.6 is 0 Å². The summed E-state index contributed by atoms with van der Waals surface area (Å²) in [5, 5.41) is 8.49. The molecule has 1 N–H and O–H groups in total. The number of hydrogen-bond acceptors (Lipinski definition) is 2. The molecule has 1 amide bonds. The maximum Gasteiger partial charge on any atom is 0.471 e. The number of carboxylic acids is 1. The zero-order chi connectivity index (χ0) is 11.8. The van der Waals surface area contributed by atoms with Crippen LogP contribution in [0.2, 0.25) is 0 Å². The van der Waals surface area contributed by atoms with Gasteiger partial charge in [0.1, 0.15) is 12.2 Å². The van der Waals surface area contributed by atoms with Crippen molar-refractivity contribution in [2.24, 2.45) is 0 Å². The SMILES string of the molecule is O=C(O)[C@@H]1C[C@H](F)CN1C(=O)C(F)(F)F. The lowest BCUT2D eigenvalue weighted by Gasteiger charge is -2.21. The predicted octanol–water partition coefficient (Wildman–Crippen LogP) is 0.572. The Morgan fingerprint density at radius 3 is 2.27 bits per heavy atom. The van der Waals surface area contributed by atoms with Crippen molar-refractivity contribution in [3.05, 3.63) is 0 Å². The van der Waals surface area contributed by atoms with Crippen molar-refractivity contribution in [1.82, 2.24) is 4.90 Å². The molecule has 0 aromatic heterocycles. The van der Waals surface area contributed by atoms with Crippen molar-refractivity contribution in [3.63, 3.8) is 0 Å². The third kappa shape index (κ3) is 2.37. The Bertz CT molecular complexity index is 290. The molecule has 15 heavy (non-hydrogen) atoms. The van der Waals surface area contributed by atoms with Crippen LogP contribution in [0.3, 0.4) is 0 Å². The summed E-state index contributed by atoms with van der Waals surface area (Å²) in [4.78, 5) is 21.2. The molecular formula is C7H7F4NO3. The summed E-state index contributed by atoms with van der Waals surface area (Å²) in [6.07, 6.45) is -7.49. The second kappa shape index (κ2) is 3.67. The van der Waals surface area contributed by atoms with Crippen molar-refractivity contribution in [2.45, 2.75) is 24.8 Å². The van der Waals surface area contributed by atoms with Crippen LogP contribution in [0.25, 0.3) is 0 Å². The molecule has 86 valence electrons. The number of alkyl halides is 4. The maximum absolute atomic E-state index is 12.7. The topological polar surface area (TPSA) is 57.6 Å². The summed E-state index contributed by atoms with van der Waals surface area (Å²) in [5.74, 6) is -3.94. The fourth-order valence-electron chi connectivity index (χ4n) is 1.41. The van der Waals surface area contributed by atoms with Gasteiger partial charge in [-0.05, 0) is 0 Å². The van der Waals surface area contributed by atoms with Gasteiger partial charge in [-0.15, -0.1) is 0 Å². The van der Waals surface area contributed by atoms with Crippen LogP contribution in [0.4, 0.5) is 17.6 Å². The average Bonchev–Trinajstić information content (AvgIpc) is 2.44. The van der Waals surface area contributed by atoms with Crippen molar-refractivity contribution in [2.75, 3.05) is 6.54 Å². The van der Waals surface area contributed by atoms with Gasteiger partial charge in [0.15, 0.2) is 0 Å². The molecule has 8 heteroatoms. The predicted molar refractivity (Wildman–Crippen MR) is 38.7 cm³/mol. The van der Waals surface area contributed by atoms with Crippen LogP contribution in [0.5, 0.6) is 0 Å². The summed E-state index contributed by atoms with van der Waals surface area (Å²) in [5.41, 5.74) is 0. The molecule has 0 aromatic rings. The normalized spacial score (nSPS) is 26.8. The zero-order valence-corrected chi connectivity index (χ0v) is 7.29. The Kier molecular flexibility index (Phi) is 2.87. The molecular weight excluding hydrogens is 222 g/mol. The lowest BCUT2D eigenvalue weighted by atomic mass is 10.2. The molecule has 1 aliphatic heterocycles. The number of carbonyl (C=O) groups excluding carboxylic acids is 1. The van der Waals surface area contributed by atoms with Gasteiger partial charge in [0.2, 0.25) is 0 Å². The van der Waals surface area contributed by atoms with E-state index in [-0.39, 0.29) is 4.90 Å². The molecule has 0 saturated carbocycles. The highest BCUT2D eigenvalue weighted by atomic mass is 19.4. The van der Waals surface area contributed by atoms with Gasteiger partial charge in [0, 0.05) is 6.42 Å². The first-order valence-electron chi connectivity index (χ1n) is 3.98. The van der Waals surface area contributed by atoms with Crippen LogP contribution in [0.15, 0.2) is 0 Å². The molecule has 1 rings (SSSR count). The van der Waals surface area contributed by atoms with Gasteiger partial charge >= 0.3 is 18.1 Å². The largest absolute Gasteiger partial charge is 0.480 e. The minimum absolute atomic E-state index is 0.00694. The molecule has 4 nitrogen and oxygen atoms in total. The minimum atomic E-state index is -5.17. The van der Waals surface area contributed by atoms with E-state index in [1.807, 2.05) is 0 Å². The summed E-state index contributed by atoms with van der Waals surface area (Å²) < 4.78 is 48.6. The molecule has 1 fully saturated rings. The van der Waals surface area contributed by atoms with E-state index in [1.165, 1.54) is 0 Å². The first kappa shape index (κ1) is 11.7. The van der Waals surface area contributed by atoms with Crippen LogP contribution in [-0.2, 0) is 9.59 Å².